The summed E-state index contributed by atoms with van der Waals surface area (Å²) >= 11 is 0. The Morgan fingerprint density at radius 2 is 1.72 bits per heavy atom. The number of nitrogens with zero attached hydrogens (tertiary/aromatic N) is 3. The van der Waals surface area contributed by atoms with Crippen LogP contribution in [0.4, 0.5) is 0 Å². The van der Waals surface area contributed by atoms with Crippen LogP contribution in [0.3, 0.4) is 0 Å². The minimum atomic E-state index is 0.720. The average Bonchev–Trinajstić information content (AvgIpc) is 2.77. The van der Waals surface area contributed by atoms with Gasteiger partial charge in [-0.1, -0.05) is 30.3 Å². The summed E-state index contributed by atoms with van der Waals surface area (Å²) in [5.74, 6) is 2.65. The van der Waals surface area contributed by atoms with Crippen molar-refractivity contribution in [3.63, 3.8) is 0 Å². The van der Waals surface area contributed by atoms with E-state index in [0.29, 0.717) is 0 Å². The topological polar surface area (TPSA) is 40.1 Å². The standard InChI is InChI=1S/C24H40N4O/c1-3-25-24(26-20-23-9-13-27(14-10-23)17-18-29-2)28-15-11-22(12-16-28)19-21-7-5-4-6-8-21/h4-8,22-23H,3,9-20H2,1-2H3,(H,25,26). The summed E-state index contributed by atoms with van der Waals surface area (Å²) in [5, 5.41) is 3.54. The molecule has 0 unspecified atom stereocenters. The summed E-state index contributed by atoms with van der Waals surface area (Å²) < 4.78 is 5.21. The van der Waals surface area contributed by atoms with Crippen LogP contribution in [0.1, 0.15) is 38.2 Å². The Balaban J connectivity index is 1.44. The van der Waals surface area contributed by atoms with Crippen LogP contribution < -0.4 is 5.32 Å². The highest BCUT2D eigenvalue weighted by Crippen LogP contribution is 2.22. The smallest absolute Gasteiger partial charge is 0.193 e. The van der Waals surface area contributed by atoms with Crippen molar-refractivity contribution in [1.82, 2.24) is 15.1 Å². The SMILES string of the molecule is CCNC(=NCC1CCN(CCOC)CC1)N1CCC(Cc2ccccc2)CC1. The largest absolute Gasteiger partial charge is 0.383 e. The second-order valence-electron chi connectivity index (χ2n) is 8.59. The van der Waals surface area contributed by atoms with Crippen molar-refractivity contribution in [2.24, 2.45) is 16.8 Å². The number of hydrogen-bond donors (Lipinski definition) is 1. The molecule has 2 aliphatic heterocycles. The molecule has 0 radical (unpaired) electrons. The highest BCUT2D eigenvalue weighted by atomic mass is 16.5. The van der Waals surface area contributed by atoms with Crippen LogP contribution in [-0.4, -0.2) is 75.3 Å². The van der Waals surface area contributed by atoms with E-state index in [-0.39, 0.29) is 0 Å². The predicted octanol–water partition coefficient (Wildman–Crippen LogP) is 3.27. The summed E-state index contributed by atoms with van der Waals surface area (Å²) in [5.41, 5.74) is 1.48. The van der Waals surface area contributed by atoms with Gasteiger partial charge in [-0.25, -0.2) is 0 Å². The van der Waals surface area contributed by atoms with Crippen LogP contribution >= 0.6 is 0 Å². The maximum atomic E-state index is 5.21. The number of rotatable bonds is 8. The fraction of sp³-hybridized carbons (Fsp3) is 0.708. The minimum Gasteiger partial charge on any atom is -0.383 e. The van der Waals surface area contributed by atoms with Crippen LogP contribution in [0.25, 0.3) is 0 Å². The van der Waals surface area contributed by atoms with Crippen molar-refractivity contribution in [3.8, 4) is 0 Å². The highest BCUT2D eigenvalue weighted by molar-refractivity contribution is 5.80. The molecular weight excluding hydrogens is 360 g/mol. The van der Waals surface area contributed by atoms with Crippen LogP contribution in [0.2, 0.25) is 0 Å². The molecule has 5 nitrogen and oxygen atoms in total. The van der Waals surface area contributed by atoms with Gasteiger partial charge in [-0.3, -0.25) is 4.99 Å². The monoisotopic (exact) mass is 400 g/mol. The second kappa shape index (κ2) is 12.2. The van der Waals surface area contributed by atoms with Crippen molar-refractivity contribution in [2.75, 3.05) is 59.5 Å². The summed E-state index contributed by atoms with van der Waals surface area (Å²) in [6, 6.07) is 10.9. The lowest BCUT2D eigenvalue weighted by Gasteiger charge is -2.35. The van der Waals surface area contributed by atoms with Crippen LogP contribution in [0.5, 0.6) is 0 Å². The van der Waals surface area contributed by atoms with Gasteiger partial charge in [0.1, 0.15) is 0 Å². The fourth-order valence-corrected chi connectivity index (χ4v) is 4.55. The fourth-order valence-electron chi connectivity index (χ4n) is 4.55. The number of benzene rings is 1. The molecule has 0 atom stereocenters. The number of ether oxygens (including phenoxy) is 1. The van der Waals surface area contributed by atoms with Crippen LogP contribution in [0.15, 0.2) is 35.3 Å². The van der Waals surface area contributed by atoms with E-state index in [0.717, 1.165) is 57.1 Å². The Morgan fingerprint density at radius 3 is 2.38 bits per heavy atom. The highest BCUT2D eigenvalue weighted by Gasteiger charge is 2.23. The molecule has 2 aliphatic rings. The number of aliphatic imine (C=N–C) groups is 1. The molecule has 29 heavy (non-hydrogen) atoms. The van der Waals surface area contributed by atoms with Gasteiger partial charge in [-0.15, -0.1) is 0 Å². The van der Waals surface area contributed by atoms with Crippen molar-refractivity contribution >= 4 is 5.96 Å². The third-order valence-corrected chi connectivity index (χ3v) is 6.43. The molecule has 0 bridgehead atoms. The van der Waals surface area contributed by atoms with Crippen molar-refractivity contribution < 1.29 is 4.74 Å². The molecule has 2 saturated heterocycles. The third kappa shape index (κ3) is 7.31. The van der Waals surface area contributed by atoms with E-state index in [9.17, 15) is 0 Å². The van der Waals surface area contributed by atoms with Crippen LogP contribution in [0, 0.1) is 11.8 Å². The van der Waals surface area contributed by atoms with Gasteiger partial charge in [0.15, 0.2) is 5.96 Å². The minimum absolute atomic E-state index is 0.720. The lowest BCUT2D eigenvalue weighted by molar-refractivity contribution is 0.121. The molecule has 2 fully saturated rings. The van der Waals surface area contributed by atoms with Gasteiger partial charge in [-0.2, -0.15) is 0 Å². The van der Waals surface area contributed by atoms with Gasteiger partial charge in [0, 0.05) is 39.8 Å². The molecule has 0 saturated carbocycles. The van der Waals surface area contributed by atoms with Gasteiger partial charge in [0.25, 0.3) is 0 Å². The first-order valence-corrected chi connectivity index (χ1v) is 11.6. The van der Waals surface area contributed by atoms with Crippen molar-refractivity contribution in [3.05, 3.63) is 35.9 Å². The number of hydrogen-bond acceptors (Lipinski definition) is 3. The summed E-state index contributed by atoms with van der Waals surface area (Å²) in [6.45, 7) is 10.6. The zero-order valence-corrected chi connectivity index (χ0v) is 18.5. The maximum Gasteiger partial charge on any atom is 0.193 e. The quantitative estimate of drug-likeness (QED) is 0.537. The Labute approximate surface area is 177 Å². The molecule has 0 spiro atoms. The van der Waals surface area contributed by atoms with Crippen molar-refractivity contribution in [1.29, 1.82) is 0 Å². The molecule has 1 N–H and O–H groups in total. The molecule has 162 valence electrons. The van der Waals surface area contributed by atoms with Crippen molar-refractivity contribution in [2.45, 2.75) is 39.0 Å². The lowest BCUT2D eigenvalue weighted by atomic mass is 9.90. The lowest BCUT2D eigenvalue weighted by Crippen LogP contribution is -2.46. The predicted molar refractivity (Wildman–Crippen MR) is 121 cm³/mol. The van der Waals surface area contributed by atoms with Crippen LogP contribution in [-0.2, 0) is 11.2 Å². The molecule has 2 heterocycles. The molecule has 0 aromatic heterocycles. The Bertz CT molecular complexity index is 590. The summed E-state index contributed by atoms with van der Waals surface area (Å²) in [6.07, 6.45) is 6.25. The van der Waals surface area contributed by atoms with E-state index in [1.54, 1.807) is 7.11 Å². The summed E-state index contributed by atoms with van der Waals surface area (Å²) in [4.78, 5) is 10.1. The maximum absolute atomic E-state index is 5.21. The Hall–Kier alpha value is -1.59. The number of likely N-dealkylation sites (tertiary alicyclic amines) is 2. The molecular formula is C24H40N4O. The van der Waals surface area contributed by atoms with E-state index in [1.165, 1.54) is 50.8 Å². The Morgan fingerprint density at radius 1 is 1.03 bits per heavy atom. The van der Waals surface area contributed by atoms with Gasteiger partial charge in [0.2, 0.25) is 0 Å². The summed E-state index contributed by atoms with van der Waals surface area (Å²) in [7, 11) is 1.79. The number of guanidine groups is 1. The van der Waals surface area contributed by atoms with E-state index in [4.69, 9.17) is 9.73 Å². The first kappa shape index (κ1) is 22.1. The average molecular weight is 401 g/mol. The van der Waals surface area contributed by atoms with Gasteiger partial charge >= 0.3 is 0 Å². The Kier molecular flexibility index (Phi) is 9.29. The molecule has 0 amide bonds. The van der Waals surface area contributed by atoms with E-state index in [1.807, 2.05) is 0 Å². The van der Waals surface area contributed by atoms with Gasteiger partial charge < -0.3 is 19.9 Å². The van der Waals surface area contributed by atoms with Gasteiger partial charge in [0.05, 0.1) is 6.61 Å². The number of piperidine rings is 2. The zero-order chi connectivity index (χ0) is 20.3. The second-order valence-corrected chi connectivity index (χ2v) is 8.59. The van der Waals surface area contributed by atoms with E-state index >= 15 is 0 Å². The number of nitrogens with one attached hydrogen (secondary N) is 1. The number of methoxy groups -OCH3 is 1. The third-order valence-electron chi connectivity index (χ3n) is 6.43. The molecule has 5 heteroatoms. The molecule has 3 rings (SSSR count). The first-order chi connectivity index (χ1) is 14.3. The normalized spacial score (nSPS) is 20.2. The molecule has 1 aromatic carbocycles. The van der Waals surface area contributed by atoms with E-state index in [2.05, 4.69) is 52.4 Å². The van der Waals surface area contributed by atoms with E-state index < -0.39 is 0 Å². The molecule has 0 aliphatic carbocycles. The first-order valence-electron chi connectivity index (χ1n) is 11.6. The zero-order valence-electron chi connectivity index (χ0n) is 18.5. The van der Waals surface area contributed by atoms with Gasteiger partial charge in [-0.05, 0) is 69.5 Å². The molecule has 1 aromatic rings.